The fourth-order valence-corrected chi connectivity index (χ4v) is 7.13. The highest BCUT2D eigenvalue weighted by Crippen LogP contribution is 2.45. The Bertz CT molecular complexity index is 1620. The van der Waals surface area contributed by atoms with Gasteiger partial charge in [0.25, 0.3) is 0 Å². The molecule has 2 saturated heterocycles. The number of aromatic nitrogens is 4. The number of anilines is 1. The molecule has 10 nitrogen and oxygen atoms in total. The fourth-order valence-electron chi connectivity index (χ4n) is 6.07. The molecule has 11 heteroatoms. The molecule has 5 heterocycles. The number of hydrogen-bond acceptors (Lipinski definition) is 7. The van der Waals surface area contributed by atoms with E-state index < -0.39 is 9.84 Å². The molecule has 2 bridgehead atoms. The lowest BCUT2D eigenvalue weighted by molar-refractivity contribution is 0.138. The lowest BCUT2D eigenvalue weighted by Crippen LogP contribution is -2.49. The van der Waals surface area contributed by atoms with Gasteiger partial charge in [0.05, 0.1) is 17.6 Å². The molecule has 0 radical (unpaired) electrons. The number of nitrogens with two attached hydrogens (primary N) is 1. The zero-order valence-electron chi connectivity index (χ0n) is 21.2. The maximum absolute atomic E-state index is 13.0. The molecule has 0 spiro atoms. The third kappa shape index (κ3) is 3.97. The molecule has 2 amide bonds. The first-order valence-electron chi connectivity index (χ1n) is 12.6. The Kier molecular flexibility index (Phi) is 5.82. The summed E-state index contributed by atoms with van der Waals surface area (Å²) in [5.74, 6) is -0.0968. The summed E-state index contributed by atoms with van der Waals surface area (Å²) in [6.45, 7) is 0. The first-order valence-corrected chi connectivity index (χ1v) is 14.5. The summed E-state index contributed by atoms with van der Waals surface area (Å²) in [6, 6.07) is 13.8. The van der Waals surface area contributed by atoms with Gasteiger partial charge in [-0.25, -0.2) is 18.2 Å². The van der Waals surface area contributed by atoms with Crippen molar-refractivity contribution in [2.45, 2.75) is 48.6 Å². The van der Waals surface area contributed by atoms with Gasteiger partial charge in [-0.15, -0.1) is 0 Å². The van der Waals surface area contributed by atoms with Crippen LogP contribution in [0.15, 0.2) is 59.8 Å². The first kappa shape index (κ1) is 24.4. The fraction of sp³-hybridized carbons (Fsp3) is 0.333. The summed E-state index contributed by atoms with van der Waals surface area (Å²) in [6.07, 6.45) is 7.60. The number of pyridine rings is 1. The molecule has 3 atom stereocenters. The van der Waals surface area contributed by atoms with Crippen LogP contribution in [0, 0.1) is 0 Å². The van der Waals surface area contributed by atoms with Crippen LogP contribution in [0.25, 0.3) is 28.0 Å². The number of benzene rings is 1. The molecule has 2 unspecified atom stereocenters. The van der Waals surface area contributed by atoms with Crippen LogP contribution in [0.4, 0.5) is 10.6 Å². The minimum atomic E-state index is -3.70. The Labute approximate surface area is 220 Å². The predicted octanol–water partition coefficient (Wildman–Crippen LogP) is 3.49. The molecular formula is C27H29N7O3S. The van der Waals surface area contributed by atoms with Crippen molar-refractivity contribution in [3.05, 3.63) is 60.6 Å². The van der Waals surface area contributed by atoms with E-state index in [-0.39, 0.29) is 34.7 Å². The Balaban J connectivity index is 1.44. The van der Waals surface area contributed by atoms with Gasteiger partial charge in [-0.3, -0.25) is 4.98 Å². The molecule has 6 rings (SSSR count). The zero-order chi connectivity index (χ0) is 26.6. The van der Waals surface area contributed by atoms with E-state index in [1.54, 1.807) is 19.4 Å². The Morgan fingerprint density at radius 3 is 2.34 bits per heavy atom. The second kappa shape index (κ2) is 9.09. The van der Waals surface area contributed by atoms with Crippen molar-refractivity contribution in [1.82, 2.24) is 29.8 Å². The van der Waals surface area contributed by atoms with Gasteiger partial charge in [0.2, 0.25) is 0 Å². The predicted molar refractivity (Wildman–Crippen MR) is 144 cm³/mol. The monoisotopic (exact) mass is 531 g/mol. The van der Waals surface area contributed by atoms with Crippen LogP contribution in [-0.2, 0) is 9.84 Å². The summed E-state index contributed by atoms with van der Waals surface area (Å²) >= 11 is 0. The lowest BCUT2D eigenvalue weighted by Gasteiger charge is -2.38. The number of sulfone groups is 1. The highest BCUT2D eigenvalue weighted by molar-refractivity contribution is 7.91. The van der Waals surface area contributed by atoms with E-state index in [2.05, 4.69) is 15.4 Å². The third-order valence-electron chi connectivity index (χ3n) is 7.75. The van der Waals surface area contributed by atoms with Crippen molar-refractivity contribution in [1.29, 1.82) is 0 Å². The first-order chi connectivity index (χ1) is 18.3. The number of nitrogen functional groups attached to an aromatic ring is 1. The van der Waals surface area contributed by atoms with Gasteiger partial charge in [0.1, 0.15) is 10.7 Å². The average Bonchev–Trinajstić information content (AvgIpc) is 3.46. The second-order valence-corrected chi connectivity index (χ2v) is 12.0. The van der Waals surface area contributed by atoms with E-state index in [4.69, 9.17) is 10.7 Å². The number of rotatable bonds is 4. The highest BCUT2D eigenvalue weighted by atomic mass is 32.2. The topological polar surface area (TPSA) is 136 Å². The molecule has 3 aromatic heterocycles. The number of hydrogen-bond donors (Lipinski definition) is 2. The molecule has 2 aliphatic heterocycles. The number of urea groups is 1. The summed E-state index contributed by atoms with van der Waals surface area (Å²) < 4.78 is 27.3. The van der Waals surface area contributed by atoms with Gasteiger partial charge in [-0.1, -0.05) is 36.4 Å². The molecule has 2 fully saturated rings. The normalized spacial score (nSPS) is 21.1. The van der Waals surface area contributed by atoms with Crippen LogP contribution in [-0.4, -0.2) is 64.3 Å². The second-order valence-electron chi connectivity index (χ2n) is 10.1. The minimum Gasteiger partial charge on any atom is -0.382 e. The molecule has 0 aliphatic carbocycles. The van der Waals surface area contributed by atoms with Crippen molar-refractivity contribution in [3.8, 4) is 22.4 Å². The zero-order valence-corrected chi connectivity index (χ0v) is 22.0. The average molecular weight is 532 g/mol. The molecule has 2 aliphatic rings. The van der Waals surface area contributed by atoms with Gasteiger partial charge in [-0.2, -0.15) is 9.61 Å². The third-order valence-corrected chi connectivity index (χ3v) is 8.91. The number of piperidine rings is 1. The number of carbonyl (C=O) groups is 1. The Morgan fingerprint density at radius 1 is 1.03 bits per heavy atom. The van der Waals surface area contributed by atoms with Gasteiger partial charge in [0.15, 0.2) is 15.5 Å². The van der Waals surface area contributed by atoms with Gasteiger partial charge < -0.3 is 16.0 Å². The van der Waals surface area contributed by atoms with Crippen molar-refractivity contribution >= 4 is 27.3 Å². The molecule has 3 N–H and O–H groups in total. The van der Waals surface area contributed by atoms with Crippen molar-refractivity contribution in [2.75, 3.05) is 19.0 Å². The molecular weight excluding hydrogens is 502 g/mol. The molecule has 38 heavy (non-hydrogen) atoms. The van der Waals surface area contributed by atoms with E-state index in [0.717, 1.165) is 41.5 Å². The maximum atomic E-state index is 13.0. The van der Waals surface area contributed by atoms with E-state index in [1.807, 2.05) is 47.4 Å². The van der Waals surface area contributed by atoms with E-state index >= 15 is 0 Å². The van der Waals surface area contributed by atoms with Crippen LogP contribution in [0.5, 0.6) is 0 Å². The van der Waals surface area contributed by atoms with Gasteiger partial charge in [-0.05, 0) is 31.7 Å². The summed E-state index contributed by atoms with van der Waals surface area (Å²) in [4.78, 5) is 24.0. The number of carbonyl (C=O) groups excluding carboxylic acids is 1. The van der Waals surface area contributed by atoms with E-state index in [0.29, 0.717) is 24.2 Å². The Morgan fingerprint density at radius 2 is 1.74 bits per heavy atom. The van der Waals surface area contributed by atoms with Crippen LogP contribution in [0.3, 0.4) is 0 Å². The van der Waals surface area contributed by atoms with Crippen molar-refractivity contribution < 1.29 is 13.2 Å². The van der Waals surface area contributed by atoms with Crippen LogP contribution in [0.1, 0.15) is 37.3 Å². The molecule has 196 valence electrons. The number of fused-ring (bicyclic) bond motifs is 3. The molecule has 4 aromatic rings. The summed E-state index contributed by atoms with van der Waals surface area (Å²) in [7, 11) is -2.07. The maximum Gasteiger partial charge on any atom is 0.317 e. The summed E-state index contributed by atoms with van der Waals surface area (Å²) in [5.41, 5.74) is 10.8. The minimum absolute atomic E-state index is 0.0231. The SMILES string of the molecule is CNC(=O)N1C2CC[C@@H]1CC(c1nc3c(-c4ccc(-c5ccccc5)nc4)cnn3c(N)c1S(C)(=O)=O)C2. The molecule has 1 aromatic carbocycles. The number of nitrogens with zero attached hydrogens (tertiary/aromatic N) is 5. The molecule has 0 saturated carbocycles. The highest BCUT2D eigenvalue weighted by Gasteiger charge is 2.45. The van der Waals surface area contributed by atoms with E-state index in [9.17, 15) is 13.2 Å². The largest absolute Gasteiger partial charge is 0.382 e. The Hall–Kier alpha value is -3.99. The van der Waals surface area contributed by atoms with Crippen LogP contribution >= 0.6 is 0 Å². The summed E-state index contributed by atoms with van der Waals surface area (Å²) in [5, 5.41) is 7.13. The quantitative estimate of drug-likeness (QED) is 0.411. The van der Waals surface area contributed by atoms with E-state index in [1.165, 1.54) is 4.52 Å². The van der Waals surface area contributed by atoms with Crippen molar-refractivity contribution in [3.63, 3.8) is 0 Å². The smallest absolute Gasteiger partial charge is 0.317 e. The van der Waals surface area contributed by atoms with Crippen molar-refractivity contribution in [2.24, 2.45) is 0 Å². The van der Waals surface area contributed by atoms with Gasteiger partial charge in [0, 0.05) is 54.2 Å². The van der Waals surface area contributed by atoms with Crippen LogP contribution in [0.2, 0.25) is 0 Å². The lowest BCUT2D eigenvalue weighted by atomic mass is 9.88. The number of amides is 2. The van der Waals surface area contributed by atoms with Gasteiger partial charge >= 0.3 is 6.03 Å². The van der Waals surface area contributed by atoms with Crippen LogP contribution < -0.4 is 11.1 Å². The number of nitrogens with one attached hydrogen (secondary N) is 1. The standard InChI is InChI=1S/C27H29N7O3S/c1-29-27(35)33-19-9-10-20(33)13-18(12-19)23-24(38(2,36)37)25(28)34-26(32-23)21(15-31-34)17-8-11-22(30-14-17)16-6-4-3-5-7-16/h3-8,11,14-15,18-20H,9-10,12-13,28H2,1-2H3,(H,29,35)/t18?,19-,20?/m1/s1.